The molecule has 6 heteroatoms. The van der Waals surface area contributed by atoms with E-state index in [1.54, 1.807) is 43.3 Å². The van der Waals surface area contributed by atoms with Crippen LogP contribution in [0.25, 0.3) is 11.4 Å². The fourth-order valence-corrected chi connectivity index (χ4v) is 2.03. The van der Waals surface area contributed by atoms with Gasteiger partial charge < -0.3 is 9.26 Å². The van der Waals surface area contributed by atoms with Gasteiger partial charge in [-0.3, -0.25) is 0 Å². The monoisotopic (exact) mass is 336 g/mol. The molecule has 2 aromatic carbocycles. The van der Waals surface area contributed by atoms with Crippen LogP contribution in [0.5, 0.6) is 0 Å². The van der Waals surface area contributed by atoms with E-state index in [4.69, 9.17) is 9.26 Å². The summed E-state index contributed by atoms with van der Waals surface area (Å²) in [4.78, 5) is 15.5. The maximum atomic E-state index is 13.1. The summed E-state index contributed by atoms with van der Waals surface area (Å²) in [6, 6.07) is 13.2. The Bertz CT molecular complexity index is 953. The zero-order valence-corrected chi connectivity index (χ0v) is 13.3. The lowest BCUT2D eigenvalue weighted by atomic mass is 10.1. The van der Waals surface area contributed by atoms with Gasteiger partial charge in [0, 0.05) is 16.7 Å². The molecule has 5 nitrogen and oxygen atoms in total. The van der Waals surface area contributed by atoms with Crippen LogP contribution < -0.4 is 0 Å². The van der Waals surface area contributed by atoms with E-state index in [1.807, 2.05) is 0 Å². The zero-order chi connectivity index (χ0) is 17.6. The van der Waals surface area contributed by atoms with Gasteiger partial charge >= 0.3 is 11.9 Å². The fourth-order valence-electron chi connectivity index (χ4n) is 2.03. The van der Waals surface area contributed by atoms with Crippen LogP contribution in [0.3, 0.4) is 0 Å². The maximum Gasteiger partial charge on any atom is 0.397 e. The number of hydrogen-bond donors (Lipinski definition) is 0. The number of ether oxygens (including phenoxy) is 1. The maximum absolute atomic E-state index is 13.1. The molecule has 3 aromatic rings. The SMILES string of the molecule is CCOC(=O)c1nc(-c2ccc(C#Cc3cccc(F)c3)cc2)no1. The molecular formula is C19H13FN2O3. The van der Waals surface area contributed by atoms with Crippen molar-refractivity contribution in [2.24, 2.45) is 0 Å². The lowest BCUT2D eigenvalue weighted by Crippen LogP contribution is -2.04. The Kier molecular flexibility index (Phi) is 4.86. The van der Waals surface area contributed by atoms with Gasteiger partial charge in [-0.05, 0) is 49.4 Å². The summed E-state index contributed by atoms with van der Waals surface area (Å²) in [6.45, 7) is 1.92. The highest BCUT2D eigenvalue weighted by molar-refractivity contribution is 5.84. The van der Waals surface area contributed by atoms with Gasteiger partial charge in [-0.1, -0.05) is 23.1 Å². The van der Waals surface area contributed by atoms with Gasteiger partial charge in [-0.25, -0.2) is 9.18 Å². The van der Waals surface area contributed by atoms with Crippen LogP contribution in [-0.4, -0.2) is 22.7 Å². The Hall–Kier alpha value is -3.46. The van der Waals surface area contributed by atoms with Gasteiger partial charge in [0.1, 0.15) is 5.82 Å². The molecule has 0 aliphatic heterocycles. The largest absolute Gasteiger partial charge is 0.459 e. The molecule has 0 unspecified atom stereocenters. The topological polar surface area (TPSA) is 65.2 Å². The van der Waals surface area contributed by atoms with Gasteiger partial charge in [0.2, 0.25) is 5.82 Å². The van der Waals surface area contributed by atoms with Crippen LogP contribution in [0.4, 0.5) is 4.39 Å². The second-order valence-electron chi connectivity index (χ2n) is 4.98. The summed E-state index contributed by atoms with van der Waals surface area (Å²) in [5.74, 6) is 4.97. The van der Waals surface area contributed by atoms with Gasteiger partial charge in [0.05, 0.1) is 6.61 Å². The number of carbonyl (C=O) groups excluding carboxylic acids is 1. The van der Waals surface area contributed by atoms with E-state index in [-0.39, 0.29) is 24.1 Å². The number of carbonyl (C=O) groups is 1. The second-order valence-corrected chi connectivity index (χ2v) is 4.98. The third-order valence-corrected chi connectivity index (χ3v) is 3.19. The average Bonchev–Trinajstić information content (AvgIpc) is 3.11. The smallest absolute Gasteiger partial charge is 0.397 e. The third kappa shape index (κ3) is 4.09. The molecule has 0 spiro atoms. The summed E-state index contributed by atoms with van der Waals surface area (Å²) in [5.41, 5.74) is 2.03. The molecule has 25 heavy (non-hydrogen) atoms. The predicted octanol–water partition coefficient (Wildman–Crippen LogP) is 3.45. The van der Waals surface area contributed by atoms with Crippen molar-refractivity contribution in [3.8, 4) is 23.2 Å². The summed E-state index contributed by atoms with van der Waals surface area (Å²) in [7, 11) is 0. The van der Waals surface area contributed by atoms with Crippen molar-refractivity contribution < 1.29 is 18.4 Å². The summed E-state index contributed by atoms with van der Waals surface area (Å²) < 4.78 is 22.8. The van der Waals surface area contributed by atoms with Crippen molar-refractivity contribution in [3.05, 3.63) is 71.4 Å². The molecule has 0 saturated heterocycles. The molecule has 1 heterocycles. The molecule has 0 N–H and O–H groups in total. The molecule has 0 atom stereocenters. The number of hydrogen-bond acceptors (Lipinski definition) is 5. The molecule has 0 amide bonds. The second kappa shape index (κ2) is 7.41. The molecule has 3 rings (SSSR count). The fraction of sp³-hybridized carbons (Fsp3) is 0.105. The van der Waals surface area contributed by atoms with E-state index in [0.29, 0.717) is 11.1 Å². The highest BCUT2D eigenvalue weighted by Gasteiger charge is 2.16. The van der Waals surface area contributed by atoms with Crippen molar-refractivity contribution >= 4 is 5.97 Å². The summed E-state index contributed by atoms with van der Waals surface area (Å²) in [6.07, 6.45) is 0. The molecule has 0 aliphatic carbocycles. The number of halogens is 1. The minimum atomic E-state index is -0.654. The third-order valence-electron chi connectivity index (χ3n) is 3.19. The lowest BCUT2D eigenvalue weighted by Gasteiger charge is -1.95. The number of benzene rings is 2. The van der Waals surface area contributed by atoms with E-state index in [9.17, 15) is 9.18 Å². The first kappa shape index (κ1) is 16.4. The van der Waals surface area contributed by atoms with Gasteiger partial charge in [0.15, 0.2) is 0 Å². The number of rotatable bonds is 3. The van der Waals surface area contributed by atoms with Crippen LogP contribution in [-0.2, 0) is 4.74 Å². The normalized spacial score (nSPS) is 10.0. The predicted molar refractivity (Wildman–Crippen MR) is 88.1 cm³/mol. The number of aromatic nitrogens is 2. The molecule has 0 radical (unpaired) electrons. The molecule has 0 aliphatic rings. The molecular weight excluding hydrogens is 323 g/mol. The van der Waals surface area contributed by atoms with Crippen molar-refractivity contribution in [2.75, 3.05) is 6.61 Å². The Labute approximate surface area is 143 Å². The van der Waals surface area contributed by atoms with Crippen molar-refractivity contribution in [3.63, 3.8) is 0 Å². The molecule has 0 fully saturated rings. The number of nitrogens with zero attached hydrogens (tertiary/aromatic N) is 2. The Balaban J connectivity index is 1.76. The van der Waals surface area contributed by atoms with E-state index >= 15 is 0 Å². The van der Waals surface area contributed by atoms with Crippen molar-refractivity contribution in [1.29, 1.82) is 0 Å². The molecule has 0 saturated carbocycles. The van der Waals surface area contributed by atoms with Gasteiger partial charge in [-0.2, -0.15) is 4.98 Å². The zero-order valence-electron chi connectivity index (χ0n) is 13.3. The minimum absolute atomic E-state index is 0.188. The van der Waals surface area contributed by atoms with Crippen molar-refractivity contribution in [2.45, 2.75) is 6.92 Å². The number of esters is 1. The summed E-state index contributed by atoms with van der Waals surface area (Å²) >= 11 is 0. The van der Waals surface area contributed by atoms with Crippen LogP contribution in [0, 0.1) is 17.7 Å². The lowest BCUT2D eigenvalue weighted by molar-refractivity contribution is 0.0470. The highest BCUT2D eigenvalue weighted by Crippen LogP contribution is 2.16. The van der Waals surface area contributed by atoms with Crippen LogP contribution in [0.15, 0.2) is 53.1 Å². The standard InChI is InChI=1S/C19H13FN2O3/c1-2-24-19(23)18-21-17(22-25-18)15-10-8-13(9-11-15)6-7-14-4-3-5-16(20)12-14/h3-5,8-12H,2H2,1H3. The molecule has 124 valence electrons. The first-order valence-corrected chi connectivity index (χ1v) is 7.54. The quantitative estimate of drug-likeness (QED) is 0.541. The average molecular weight is 336 g/mol. The first-order valence-electron chi connectivity index (χ1n) is 7.54. The van der Waals surface area contributed by atoms with E-state index in [2.05, 4.69) is 22.0 Å². The first-order chi connectivity index (χ1) is 12.2. The van der Waals surface area contributed by atoms with Gasteiger partial charge in [-0.15, -0.1) is 0 Å². The van der Waals surface area contributed by atoms with Crippen LogP contribution in [0.1, 0.15) is 28.7 Å². The van der Waals surface area contributed by atoms with Gasteiger partial charge in [0.25, 0.3) is 0 Å². The minimum Gasteiger partial charge on any atom is -0.459 e. The van der Waals surface area contributed by atoms with E-state index in [0.717, 1.165) is 5.56 Å². The Morgan fingerprint density at radius 1 is 1.16 bits per heavy atom. The van der Waals surface area contributed by atoms with E-state index in [1.165, 1.54) is 12.1 Å². The van der Waals surface area contributed by atoms with Crippen LogP contribution in [0.2, 0.25) is 0 Å². The molecule has 0 bridgehead atoms. The van der Waals surface area contributed by atoms with Crippen LogP contribution >= 0.6 is 0 Å². The Morgan fingerprint density at radius 2 is 1.92 bits per heavy atom. The summed E-state index contributed by atoms with van der Waals surface area (Å²) in [5, 5.41) is 3.76. The van der Waals surface area contributed by atoms with Crippen molar-refractivity contribution in [1.82, 2.24) is 10.1 Å². The molecule has 1 aromatic heterocycles. The highest BCUT2D eigenvalue weighted by atomic mass is 19.1. The Morgan fingerprint density at radius 3 is 2.64 bits per heavy atom. The van der Waals surface area contributed by atoms with E-state index < -0.39 is 5.97 Å².